The molecule has 1 aromatic heterocycles. The summed E-state index contributed by atoms with van der Waals surface area (Å²) in [7, 11) is 0. The molecule has 0 aliphatic heterocycles. The van der Waals surface area contributed by atoms with E-state index in [0.29, 0.717) is 5.92 Å². The largest absolute Gasteiger partial charge is 0.340 e. The van der Waals surface area contributed by atoms with Gasteiger partial charge < -0.3 is 5.32 Å². The van der Waals surface area contributed by atoms with E-state index in [1.165, 1.54) is 16.7 Å². The normalized spacial score (nSPS) is 11.3. The van der Waals surface area contributed by atoms with Gasteiger partial charge in [-0.2, -0.15) is 0 Å². The minimum Gasteiger partial charge on any atom is -0.340 e. The quantitative estimate of drug-likeness (QED) is 0.771. The molecule has 3 nitrogen and oxygen atoms in total. The standard InChI is InChI=1S/C20H29N3/c1-6-23(7-2)14-17-13-21-20(12-19(17)15(3)4)22-18-10-8-9-16(5)11-18/h8-13,15H,6-7,14H2,1-5H3,(H,21,22). The van der Waals surface area contributed by atoms with Gasteiger partial charge in [-0.1, -0.05) is 39.8 Å². The first-order valence-electron chi connectivity index (χ1n) is 8.58. The van der Waals surface area contributed by atoms with Gasteiger partial charge in [0.05, 0.1) is 0 Å². The molecule has 2 rings (SSSR count). The van der Waals surface area contributed by atoms with Gasteiger partial charge in [0.1, 0.15) is 5.82 Å². The Bertz CT molecular complexity index is 631. The lowest BCUT2D eigenvalue weighted by molar-refractivity contribution is 0.294. The third-order valence-corrected chi connectivity index (χ3v) is 4.22. The zero-order chi connectivity index (χ0) is 16.8. The van der Waals surface area contributed by atoms with Crippen molar-refractivity contribution in [3.63, 3.8) is 0 Å². The summed E-state index contributed by atoms with van der Waals surface area (Å²) >= 11 is 0. The average molecular weight is 311 g/mol. The van der Waals surface area contributed by atoms with Crippen molar-refractivity contribution in [2.75, 3.05) is 18.4 Å². The van der Waals surface area contributed by atoms with Crippen LogP contribution in [0.25, 0.3) is 0 Å². The van der Waals surface area contributed by atoms with Crippen LogP contribution in [-0.2, 0) is 6.54 Å². The maximum atomic E-state index is 4.63. The highest BCUT2D eigenvalue weighted by molar-refractivity contribution is 5.58. The van der Waals surface area contributed by atoms with E-state index in [1.54, 1.807) is 0 Å². The Morgan fingerprint density at radius 3 is 2.48 bits per heavy atom. The van der Waals surface area contributed by atoms with Gasteiger partial charge in [0.15, 0.2) is 0 Å². The van der Waals surface area contributed by atoms with Crippen LogP contribution in [0.3, 0.4) is 0 Å². The third-order valence-electron chi connectivity index (χ3n) is 4.22. The fourth-order valence-electron chi connectivity index (χ4n) is 2.80. The molecule has 0 fully saturated rings. The van der Waals surface area contributed by atoms with Crippen LogP contribution in [0.4, 0.5) is 11.5 Å². The monoisotopic (exact) mass is 311 g/mol. The summed E-state index contributed by atoms with van der Waals surface area (Å²) in [6, 6.07) is 10.6. The first kappa shape index (κ1) is 17.5. The van der Waals surface area contributed by atoms with Crippen molar-refractivity contribution >= 4 is 11.5 Å². The number of anilines is 2. The minimum atomic E-state index is 0.488. The van der Waals surface area contributed by atoms with Crippen molar-refractivity contribution in [2.24, 2.45) is 0 Å². The Balaban J connectivity index is 2.24. The lowest BCUT2D eigenvalue weighted by atomic mass is 9.98. The molecule has 0 unspecified atom stereocenters. The number of hydrogen-bond donors (Lipinski definition) is 1. The molecule has 3 heteroatoms. The maximum Gasteiger partial charge on any atom is 0.130 e. The topological polar surface area (TPSA) is 28.2 Å². The third kappa shape index (κ3) is 4.80. The second-order valence-electron chi connectivity index (χ2n) is 6.38. The fraction of sp³-hybridized carbons (Fsp3) is 0.450. The van der Waals surface area contributed by atoms with Crippen LogP contribution in [0, 0.1) is 6.92 Å². The van der Waals surface area contributed by atoms with Crippen molar-refractivity contribution in [2.45, 2.75) is 47.1 Å². The Kier molecular flexibility index (Phi) is 6.17. The molecule has 0 saturated carbocycles. The second kappa shape index (κ2) is 8.11. The van der Waals surface area contributed by atoms with Gasteiger partial charge in [-0.05, 0) is 60.8 Å². The van der Waals surface area contributed by atoms with Crippen LogP contribution in [-0.4, -0.2) is 23.0 Å². The van der Waals surface area contributed by atoms with Crippen molar-refractivity contribution < 1.29 is 0 Å². The molecule has 2 aromatic rings. The molecule has 23 heavy (non-hydrogen) atoms. The summed E-state index contributed by atoms with van der Waals surface area (Å²) in [5.41, 5.74) is 5.04. The molecule has 0 bridgehead atoms. The molecule has 1 heterocycles. The molecular formula is C20H29N3. The van der Waals surface area contributed by atoms with Gasteiger partial charge in [0, 0.05) is 18.4 Å². The van der Waals surface area contributed by atoms with Crippen molar-refractivity contribution in [3.8, 4) is 0 Å². The summed E-state index contributed by atoms with van der Waals surface area (Å²) < 4.78 is 0. The number of aryl methyl sites for hydroxylation is 1. The van der Waals surface area contributed by atoms with Gasteiger partial charge >= 0.3 is 0 Å². The van der Waals surface area contributed by atoms with Crippen molar-refractivity contribution in [1.82, 2.24) is 9.88 Å². The van der Waals surface area contributed by atoms with E-state index in [0.717, 1.165) is 31.1 Å². The minimum absolute atomic E-state index is 0.488. The highest BCUT2D eigenvalue weighted by atomic mass is 15.1. The summed E-state index contributed by atoms with van der Waals surface area (Å²) in [6.07, 6.45) is 2.03. The number of hydrogen-bond acceptors (Lipinski definition) is 3. The second-order valence-corrected chi connectivity index (χ2v) is 6.38. The first-order valence-corrected chi connectivity index (χ1v) is 8.58. The highest BCUT2D eigenvalue weighted by Crippen LogP contribution is 2.25. The van der Waals surface area contributed by atoms with E-state index in [1.807, 2.05) is 6.20 Å². The van der Waals surface area contributed by atoms with Crippen molar-refractivity contribution in [3.05, 3.63) is 53.2 Å². The van der Waals surface area contributed by atoms with Gasteiger partial charge in [-0.25, -0.2) is 4.98 Å². The molecule has 0 amide bonds. The van der Waals surface area contributed by atoms with Crippen LogP contribution in [0.1, 0.15) is 50.3 Å². The summed E-state index contributed by atoms with van der Waals surface area (Å²) in [5.74, 6) is 1.41. The van der Waals surface area contributed by atoms with Gasteiger partial charge in [-0.3, -0.25) is 4.90 Å². The molecule has 124 valence electrons. The smallest absolute Gasteiger partial charge is 0.130 e. The van der Waals surface area contributed by atoms with E-state index >= 15 is 0 Å². The SMILES string of the molecule is CCN(CC)Cc1cnc(Nc2cccc(C)c2)cc1C(C)C. The van der Waals surface area contributed by atoms with E-state index in [9.17, 15) is 0 Å². The van der Waals surface area contributed by atoms with Gasteiger partial charge in [-0.15, -0.1) is 0 Å². The average Bonchev–Trinajstić information content (AvgIpc) is 2.53. The van der Waals surface area contributed by atoms with E-state index in [-0.39, 0.29) is 0 Å². The summed E-state index contributed by atoms with van der Waals surface area (Å²) in [5, 5.41) is 3.42. The highest BCUT2D eigenvalue weighted by Gasteiger charge is 2.11. The van der Waals surface area contributed by atoms with Crippen LogP contribution < -0.4 is 5.32 Å². The predicted molar refractivity (Wildman–Crippen MR) is 99.4 cm³/mol. The first-order chi connectivity index (χ1) is 11.0. The van der Waals surface area contributed by atoms with Gasteiger partial charge in [0.2, 0.25) is 0 Å². The molecule has 0 radical (unpaired) electrons. The molecule has 0 aliphatic rings. The molecule has 0 atom stereocenters. The van der Waals surface area contributed by atoms with E-state index < -0.39 is 0 Å². The molecule has 0 aliphatic carbocycles. The number of pyridine rings is 1. The lowest BCUT2D eigenvalue weighted by Gasteiger charge is -2.22. The molecule has 1 aromatic carbocycles. The predicted octanol–water partition coefficient (Wildman–Crippen LogP) is 5.10. The molecular weight excluding hydrogens is 282 g/mol. The lowest BCUT2D eigenvalue weighted by Crippen LogP contribution is -2.23. The Labute approximate surface area is 140 Å². The zero-order valence-corrected chi connectivity index (χ0v) is 15.1. The Morgan fingerprint density at radius 2 is 1.87 bits per heavy atom. The molecule has 0 spiro atoms. The summed E-state index contributed by atoms with van der Waals surface area (Å²) in [4.78, 5) is 7.06. The van der Waals surface area contributed by atoms with E-state index in [2.05, 4.69) is 80.2 Å². The number of aromatic nitrogens is 1. The number of nitrogens with one attached hydrogen (secondary N) is 1. The van der Waals surface area contributed by atoms with Gasteiger partial charge in [0.25, 0.3) is 0 Å². The summed E-state index contributed by atoms with van der Waals surface area (Å²) in [6.45, 7) is 14.1. The fourth-order valence-corrected chi connectivity index (χ4v) is 2.80. The maximum absolute atomic E-state index is 4.63. The Morgan fingerprint density at radius 1 is 1.13 bits per heavy atom. The van der Waals surface area contributed by atoms with Crippen LogP contribution >= 0.6 is 0 Å². The van der Waals surface area contributed by atoms with E-state index in [4.69, 9.17) is 0 Å². The molecule has 1 N–H and O–H groups in total. The number of benzene rings is 1. The Hall–Kier alpha value is -1.87. The van der Waals surface area contributed by atoms with Crippen LogP contribution in [0.2, 0.25) is 0 Å². The van der Waals surface area contributed by atoms with Crippen LogP contribution in [0.15, 0.2) is 36.5 Å². The van der Waals surface area contributed by atoms with Crippen molar-refractivity contribution in [1.29, 1.82) is 0 Å². The number of nitrogens with zero attached hydrogens (tertiary/aromatic N) is 2. The molecule has 0 saturated heterocycles. The zero-order valence-electron chi connectivity index (χ0n) is 15.1. The number of rotatable bonds is 7. The van der Waals surface area contributed by atoms with Crippen LogP contribution in [0.5, 0.6) is 0 Å².